The van der Waals surface area contributed by atoms with Crippen molar-refractivity contribution in [2.75, 3.05) is 0 Å². The van der Waals surface area contributed by atoms with E-state index in [4.69, 9.17) is 16.7 Å². The van der Waals surface area contributed by atoms with E-state index in [1.54, 1.807) is 0 Å². The monoisotopic (exact) mass is 257 g/mol. The van der Waals surface area contributed by atoms with E-state index in [2.05, 4.69) is 20.9 Å². The molecule has 0 amide bonds. The van der Waals surface area contributed by atoms with Crippen molar-refractivity contribution in [2.24, 2.45) is 0 Å². The van der Waals surface area contributed by atoms with Crippen molar-refractivity contribution in [2.45, 2.75) is 6.43 Å². The maximum absolute atomic E-state index is 12.0. The highest BCUT2D eigenvalue weighted by atomic mass is 79.9. The Labute approximate surface area is 80.3 Å². The average Bonchev–Trinajstić information content (AvgIpc) is 1.96. The Bertz CT molecular complexity index is 308. The van der Waals surface area contributed by atoms with E-state index in [0.717, 1.165) is 6.07 Å². The van der Waals surface area contributed by atoms with Gasteiger partial charge in [0.2, 0.25) is 0 Å². The minimum Gasteiger partial charge on any atom is -0.506 e. The first-order valence-electron chi connectivity index (χ1n) is 2.85. The van der Waals surface area contributed by atoms with Gasteiger partial charge in [0.05, 0.1) is 4.47 Å². The molecule has 0 bridgehead atoms. The molecule has 0 spiro atoms. The standard InChI is InChI=1S/C6H3BrClF2NO/c7-2-1-3(12)4(6(9)10)11-5(2)8/h1,6,12H. The van der Waals surface area contributed by atoms with Crippen molar-refractivity contribution in [3.8, 4) is 5.75 Å². The van der Waals surface area contributed by atoms with Gasteiger partial charge in [-0.3, -0.25) is 0 Å². The second kappa shape index (κ2) is 3.53. The first-order valence-corrected chi connectivity index (χ1v) is 4.02. The maximum Gasteiger partial charge on any atom is 0.284 e. The van der Waals surface area contributed by atoms with Crippen LogP contribution >= 0.6 is 27.5 Å². The molecule has 6 heteroatoms. The fourth-order valence-corrected chi connectivity index (χ4v) is 1.08. The largest absolute Gasteiger partial charge is 0.506 e. The topological polar surface area (TPSA) is 33.1 Å². The molecular weight excluding hydrogens is 255 g/mol. The molecule has 1 aromatic heterocycles. The normalized spacial score (nSPS) is 10.8. The highest BCUT2D eigenvalue weighted by Crippen LogP contribution is 2.32. The van der Waals surface area contributed by atoms with Crippen molar-refractivity contribution in [1.29, 1.82) is 0 Å². The molecule has 0 unspecified atom stereocenters. The number of alkyl halides is 2. The van der Waals surface area contributed by atoms with Crippen molar-refractivity contribution in [1.82, 2.24) is 4.98 Å². The summed E-state index contributed by atoms with van der Waals surface area (Å²) in [5.41, 5.74) is -0.705. The number of pyridine rings is 1. The minimum atomic E-state index is -2.82. The molecule has 0 aromatic carbocycles. The highest BCUT2D eigenvalue weighted by molar-refractivity contribution is 9.10. The molecule has 0 atom stereocenters. The van der Waals surface area contributed by atoms with Crippen LogP contribution in [0.3, 0.4) is 0 Å². The fraction of sp³-hybridized carbons (Fsp3) is 0.167. The third kappa shape index (κ3) is 1.84. The zero-order chi connectivity index (χ0) is 9.30. The summed E-state index contributed by atoms with van der Waals surface area (Å²) in [6.07, 6.45) is -2.82. The van der Waals surface area contributed by atoms with Gasteiger partial charge in [0.25, 0.3) is 6.43 Å². The number of halogens is 4. The molecule has 1 N–H and O–H groups in total. The summed E-state index contributed by atoms with van der Waals surface area (Å²) in [5.74, 6) is -0.568. The van der Waals surface area contributed by atoms with Crippen LogP contribution in [-0.2, 0) is 0 Å². The zero-order valence-corrected chi connectivity index (χ0v) is 7.90. The van der Waals surface area contributed by atoms with Gasteiger partial charge in [0, 0.05) is 0 Å². The Morgan fingerprint density at radius 2 is 2.17 bits per heavy atom. The molecule has 0 aliphatic heterocycles. The molecule has 12 heavy (non-hydrogen) atoms. The summed E-state index contributed by atoms with van der Waals surface area (Å²) in [6.45, 7) is 0. The summed E-state index contributed by atoms with van der Waals surface area (Å²) >= 11 is 8.36. The van der Waals surface area contributed by atoms with Crippen LogP contribution in [-0.4, -0.2) is 10.1 Å². The van der Waals surface area contributed by atoms with E-state index < -0.39 is 17.9 Å². The van der Waals surface area contributed by atoms with Crippen LogP contribution < -0.4 is 0 Å². The van der Waals surface area contributed by atoms with Crippen LogP contribution in [0.15, 0.2) is 10.5 Å². The second-order valence-electron chi connectivity index (χ2n) is 1.97. The number of aromatic hydroxyl groups is 1. The van der Waals surface area contributed by atoms with Crippen molar-refractivity contribution < 1.29 is 13.9 Å². The molecule has 0 radical (unpaired) electrons. The second-order valence-corrected chi connectivity index (χ2v) is 3.18. The quantitative estimate of drug-likeness (QED) is 0.785. The van der Waals surface area contributed by atoms with Gasteiger partial charge in [-0.1, -0.05) is 11.6 Å². The number of nitrogens with zero attached hydrogens (tertiary/aromatic N) is 1. The first kappa shape index (κ1) is 9.67. The SMILES string of the molecule is Oc1cc(Br)c(Cl)nc1C(F)F. The lowest BCUT2D eigenvalue weighted by atomic mass is 10.3. The van der Waals surface area contributed by atoms with Gasteiger partial charge in [-0.15, -0.1) is 0 Å². The van der Waals surface area contributed by atoms with Crippen LogP contribution in [0.4, 0.5) is 8.78 Å². The van der Waals surface area contributed by atoms with Crippen LogP contribution in [0.1, 0.15) is 12.1 Å². The van der Waals surface area contributed by atoms with E-state index >= 15 is 0 Å². The highest BCUT2D eigenvalue weighted by Gasteiger charge is 2.16. The van der Waals surface area contributed by atoms with Crippen LogP contribution in [0.2, 0.25) is 5.15 Å². The molecule has 0 saturated carbocycles. The minimum absolute atomic E-state index is 0.0944. The van der Waals surface area contributed by atoms with Crippen LogP contribution in [0, 0.1) is 0 Å². The summed E-state index contributed by atoms with van der Waals surface area (Å²) in [5, 5.41) is 8.86. The Morgan fingerprint density at radius 3 is 2.67 bits per heavy atom. The fourth-order valence-electron chi connectivity index (χ4n) is 0.631. The van der Waals surface area contributed by atoms with E-state index in [1.807, 2.05) is 0 Å². The van der Waals surface area contributed by atoms with Gasteiger partial charge < -0.3 is 5.11 Å². The van der Waals surface area contributed by atoms with Crippen molar-refractivity contribution >= 4 is 27.5 Å². The molecular formula is C6H3BrClF2NO. The lowest BCUT2D eigenvalue weighted by molar-refractivity contribution is 0.142. The molecule has 0 fully saturated rings. The molecule has 1 rings (SSSR count). The third-order valence-electron chi connectivity index (χ3n) is 1.15. The Hall–Kier alpha value is -0.420. The van der Waals surface area contributed by atoms with E-state index in [-0.39, 0.29) is 9.63 Å². The van der Waals surface area contributed by atoms with Crippen molar-refractivity contribution in [3.63, 3.8) is 0 Å². The Kier molecular flexibility index (Phi) is 2.85. The number of rotatable bonds is 1. The zero-order valence-electron chi connectivity index (χ0n) is 5.56. The first-order chi connectivity index (χ1) is 5.52. The molecule has 0 aliphatic rings. The molecule has 66 valence electrons. The van der Waals surface area contributed by atoms with Gasteiger partial charge in [0.15, 0.2) is 0 Å². The number of hydrogen-bond donors (Lipinski definition) is 1. The third-order valence-corrected chi connectivity index (χ3v) is 2.27. The molecule has 0 saturated heterocycles. The molecule has 2 nitrogen and oxygen atoms in total. The summed E-state index contributed by atoms with van der Waals surface area (Å²) < 4.78 is 24.4. The number of aromatic nitrogens is 1. The molecule has 1 heterocycles. The average molecular weight is 258 g/mol. The van der Waals surface area contributed by atoms with Gasteiger partial charge in [-0.25, -0.2) is 13.8 Å². The number of hydrogen-bond acceptors (Lipinski definition) is 2. The smallest absolute Gasteiger partial charge is 0.284 e. The summed E-state index contributed by atoms with van der Waals surface area (Å²) in [7, 11) is 0. The van der Waals surface area contributed by atoms with Gasteiger partial charge in [0.1, 0.15) is 16.6 Å². The summed E-state index contributed by atoms with van der Waals surface area (Å²) in [4.78, 5) is 3.29. The molecule has 1 aromatic rings. The van der Waals surface area contributed by atoms with Gasteiger partial charge >= 0.3 is 0 Å². The lowest BCUT2D eigenvalue weighted by Gasteiger charge is -2.03. The summed E-state index contributed by atoms with van der Waals surface area (Å²) in [6, 6.07) is 1.08. The Balaban J connectivity index is 3.23. The van der Waals surface area contributed by atoms with Gasteiger partial charge in [-0.05, 0) is 22.0 Å². The Morgan fingerprint density at radius 1 is 1.58 bits per heavy atom. The van der Waals surface area contributed by atoms with E-state index in [9.17, 15) is 8.78 Å². The van der Waals surface area contributed by atoms with Crippen LogP contribution in [0.25, 0.3) is 0 Å². The predicted octanol–water partition coefficient (Wildman–Crippen LogP) is 3.14. The maximum atomic E-state index is 12.0. The predicted molar refractivity (Wildman–Crippen MR) is 43.6 cm³/mol. The van der Waals surface area contributed by atoms with Crippen molar-refractivity contribution in [3.05, 3.63) is 21.4 Å². The van der Waals surface area contributed by atoms with E-state index in [1.165, 1.54) is 0 Å². The molecule has 0 aliphatic carbocycles. The lowest BCUT2D eigenvalue weighted by Crippen LogP contribution is -1.91. The van der Waals surface area contributed by atoms with Crippen LogP contribution in [0.5, 0.6) is 5.75 Å². The van der Waals surface area contributed by atoms with E-state index in [0.29, 0.717) is 0 Å². The van der Waals surface area contributed by atoms with Gasteiger partial charge in [-0.2, -0.15) is 0 Å².